The highest BCUT2D eigenvalue weighted by atomic mass is 32.2. The molecule has 0 bridgehead atoms. The van der Waals surface area contributed by atoms with E-state index in [1.54, 1.807) is 18.2 Å². The maximum Gasteiger partial charge on any atom is 0.296 e. The van der Waals surface area contributed by atoms with Crippen LogP contribution in [0.4, 0.5) is 5.69 Å². The fourth-order valence-corrected chi connectivity index (χ4v) is 2.95. The Hall–Kier alpha value is -2.20. The summed E-state index contributed by atoms with van der Waals surface area (Å²) in [5, 5.41) is 0. The molecule has 2 rings (SSSR count). The monoisotopic (exact) mass is 355 g/mol. The van der Waals surface area contributed by atoms with Crippen LogP contribution >= 0.6 is 0 Å². The third-order valence-corrected chi connectivity index (χ3v) is 4.74. The second kappa shape index (κ2) is 6.13. The van der Waals surface area contributed by atoms with Crippen LogP contribution in [0.15, 0.2) is 52.3 Å². The van der Waals surface area contributed by atoms with E-state index in [0.717, 1.165) is 0 Å². The van der Waals surface area contributed by atoms with Gasteiger partial charge in [-0.3, -0.25) is 9.11 Å². The molecule has 0 amide bonds. The van der Waals surface area contributed by atoms with E-state index < -0.39 is 20.2 Å². The predicted octanol–water partition coefficient (Wildman–Crippen LogP) is 1.93. The van der Waals surface area contributed by atoms with Crippen molar-refractivity contribution in [2.45, 2.75) is 9.79 Å². The lowest BCUT2D eigenvalue weighted by Crippen LogP contribution is -2.03. The van der Waals surface area contributed by atoms with Gasteiger partial charge < -0.3 is 5.73 Å². The lowest BCUT2D eigenvalue weighted by Gasteiger charge is -2.03. The second-order valence-electron chi connectivity index (χ2n) is 4.65. The number of nitrogen functional groups attached to an aromatic ring is 1. The molecule has 0 saturated heterocycles. The zero-order chi connectivity index (χ0) is 17.3. The number of hydrogen-bond acceptors (Lipinski definition) is 5. The number of hydrogen-bond donors (Lipinski definition) is 3. The van der Waals surface area contributed by atoms with Gasteiger partial charge in [-0.15, -0.1) is 0 Å². The first-order valence-electron chi connectivity index (χ1n) is 6.20. The van der Waals surface area contributed by atoms with Gasteiger partial charge in [0.1, 0.15) is 4.90 Å². The van der Waals surface area contributed by atoms with E-state index >= 15 is 0 Å². The normalized spacial score (nSPS) is 12.6. The molecule has 0 aliphatic heterocycles. The highest BCUT2D eigenvalue weighted by Crippen LogP contribution is 2.21. The molecule has 23 heavy (non-hydrogen) atoms. The first-order valence-corrected chi connectivity index (χ1v) is 9.08. The fraction of sp³-hybridized carbons (Fsp3) is 0. The average molecular weight is 355 g/mol. The lowest BCUT2D eigenvalue weighted by atomic mass is 10.1. The van der Waals surface area contributed by atoms with Gasteiger partial charge in [-0.2, -0.15) is 16.8 Å². The molecule has 0 unspecified atom stereocenters. The quantitative estimate of drug-likeness (QED) is 0.433. The Balaban J connectivity index is 2.31. The Kier molecular flexibility index (Phi) is 4.57. The summed E-state index contributed by atoms with van der Waals surface area (Å²) in [6.07, 6.45) is 3.17. The van der Waals surface area contributed by atoms with Gasteiger partial charge in [0.2, 0.25) is 0 Å². The minimum atomic E-state index is -4.41. The fourth-order valence-electron chi connectivity index (χ4n) is 1.82. The standard InChI is InChI=1S/C14H13NO6S2/c15-13-8-5-11(9-14(13)23(19,20)21)2-1-10-3-6-12(7-4-10)22(16,17)18/h1-9H,15H2,(H,16,17,18)(H,19,20,21). The highest BCUT2D eigenvalue weighted by Gasteiger charge is 2.13. The first-order chi connectivity index (χ1) is 10.6. The maximum atomic E-state index is 11.2. The SMILES string of the molecule is Nc1ccc(C=Cc2ccc(S(=O)(=O)O)cc2)cc1S(=O)(=O)O. The molecule has 9 heteroatoms. The Morgan fingerprint density at radius 2 is 1.30 bits per heavy atom. The molecule has 0 radical (unpaired) electrons. The Morgan fingerprint density at radius 3 is 1.83 bits per heavy atom. The smallest absolute Gasteiger partial charge is 0.296 e. The molecular formula is C14H13NO6S2. The van der Waals surface area contributed by atoms with Crippen LogP contribution in [0.1, 0.15) is 11.1 Å². The summed E-state index contributed by atoms with van der Waals surface area (Å²) in [5.41, 5.74) is 6.53. The van der Waals surface area contributed by atoms with E-state index in [-0.39, 0.29) is 15.5 Å². The van der Waals surface area contributed by atoms with Crippen LogP contribution in [-0.4, -0.2) is 25.9 Å². The van der Waals surface area contributed by atoms with Crippen molar-refractivity contribution >= 4 is 38.1 Å². The maximum absolute atomic E-state index is 11.2. The number of benzene rings is 2. The van der Waals surface area contributed by atoms with Gasteiger partial charge in [0, 0.05) is 0 Å². The topological polar surface area (TPSA) is 135 Å². The molecule has 0 saturated carbocycles. The molecule has 0 atom stereocenters. The largest absolute Gasteiger partial charge is 0.398 e. The van der Waals surface area contributed by atoms with E-state index in [2.05, 4.69) is 0 Å². The van der Waals surface area contributed by atoms with Crippen LogP contribution in [0, 0.1) is 0 Å². The summed E-state index contributed by atoms with van der Waals surface area (Å²) in [6.45, 7) is 0. The third-order valence-electron chi connectivity index (χ3n) is 2.96. The average Bonchev–Trinajstić information content (AvgIpc) is 2.44. The summed E-state index contributed by atoms with van der Waals surface area (Å²) in [5.74, 6) is 0. The van der Waals surface area contributed by atoms with E-state index in [1.165, 1.54) is 36.4 Å². The van der Waals surface area contributed by atoms with Crippen molar-refractivity contribution < 1.29 is 25.9 Å². The summed E-state index contributed by atoms with van der Waals surface area (Å²) in [7, 11) is -8.66. The van der Waals surface area contributed by atoms with Crippen molar-refractivity contribution in [3.8, 4) is 0 Å². The van der Waals surface area contributed by atoms with E-state index in [0.29, 0.717) is 11.1 Å². The highest BCUT2D eigenvalue weighted by molar-refractivity contribution is 7.86. The number of nitrogens with two attached hydrogens (primary N) is 1. The van der Waals surface area contributed by atoms with Crippen molar-refractivity contribution in [3.63, 3.8) is 0 Å². The Morgan fingerprint density at radius 1 is 0.783 bits per heavy atom. The molecular weight excluding hydrogens is 342 g/mol. The summed E-state index contributed by atoms with van der Waals surface area (Å²) >= 11 is 0. The molecule has 7 nitrogen and oxygen atoms in total. The van der Waals surface area contributed by atoms with Gasteiger partial charge in [-0.05, 0) is 35.4 Å². The molecule has 122 valence electrons. The summed E-state index contributed by atoms with van der Waals surface area (Å²) in [6, 6.07) is 9.55. The number of rotatable bonds is 4. The van der Waals surface area contributed by atoms with Gasteiger partial charge >= 0.3 is 0 Å². The molecule has 0 aliphatic carbocycles. The van der Waals surface area contributed by atoms with Gasteiger partial charge in [0.25, 0.3) is 20.2 Å². The molecule has 0 aromatic heterocycles. The first kappa shape index (κ1) is 17.2. The summed E-state index contributed by atoms with van der Waals surface area (Å²) < 4.78 is 62.2. The van der Waals surface area contributed by atoms with Gasteiger partial charge in [0.15, 0.2) is 0 Å². The van der Waals surface area contributed by atoms with Crippen LogP contribution in [0.5, 0.6) is 0 Å². The van der Waals surface area contributed by atoms with Gasteiger partial charge in [-0.25, -0.2) is 0 Å². The number of anilines is 1. The van der Waals surface area contributed by atoms with Crippen molar-refractivity contribution in [3.05, 3.63) is 53.6 Å². The second-order valence-corrected chi connectivity index (χ2v) is 7.46. The van der Waals surface area contributed by atoms with Crippen molar-refractivity contribution in [2.24, 2.45) is 0 Å². The van der Waals surface area contributed by atoms with Crippen molar-refractivity contribution in [1.29, 1.82) is 0 Å². The predicted molar refractivity (Wildman–Crippen MR) is 85.9 cm³/mol. The molecule has 4 N–H and O–H groups in total. The minimum absolute atomic E-state index is 0.0674. The van der Waals surface area contributed by atoms with Crippen LogP contribution in [0.2, 0.25) is 0 Å². The van der Waals surface area contributed by atoms with Crippen LogP contribution in [0.3, 0.4) is 0 Å². The van der Waals surface area contributed by atoms with Gasteiger partial charge in [0.05, 0.1) is 10.6 Å². The van der Waals surface area contributed by atoms with Crippen LogP contribution in [-0.2, 0) is 20.2 Å². The molecule has 0 spiro atoms. The molecule has 0 fully saturated rings. The minimum Gasteiger partial charge on any atom is -0.398 e. The third kappa shape index (κ3) is 4.39. The van der Waals surface area contributed by atoms with Crippen molar-refractivity contribution in [1.82, 2.24) is 0 Å². The molecule has 2 aromatic rings. The zero-order valence-corrected chi connectivity index (χ0v) is 13.3. The van der Waals surface area contributed by atoms with Crippen LogP contribution in [0.25, 0.3) is 12.2 Å². The molecule has 2 aromatic carbocycles. The van der Waals surface area contributed by atoms with E-state index in [9.17, 15) is 16.8 Å². The van der Waals surface area contributed by atoms with Crippen molar-refractivity contribution in [2.75, 3.05) is 5.73 Å². The van der Waals surface area contributed by atoms with Gasteiger partial charge in [-0.1, -0.05) is 30.4 Å². The lowest BCUT2D eigenvalue weighted by molar-refractivity contribution is 0.481. The molecule has 0 heterocycles. The van der Waals surface area contributed by atoms with E-state index in [4.69, 9.17) is 14.8 Å². The zero-order valence-electron chi connectivity index (χ0n) is 11.6. The van der Waals surface area contributed by atoms with Crippen LogP contribution < -0.4 is 5.73 Å². The Labute approximate surface area is 133 Å². The van der Waals surface area contributed by atoms with E-state index in [1.807, 2.05) is 0 Å². The Bertz CT molecular complexity index is 961. The summed E-state index contributed by atoms with van der Waals surface area (Å²) in [4.78, 5) is -0.614. The molecule has 0 aliphatic rings.